The van der Waals surface area contributed by atoms with Gasteiger partial charge in [-0.1, -0.05) is 0 Å². The molecule has 3 atom stereocenters. The maximum Gasteiger partial charge on any atom is 0.171 e. The number of rotatable bonds is 2. The molecule has 10 heavy (non-hydrogen) atoms. The summed E-state index contributed by atoms with van der Waals surface area (Å²) in [6.07, 6.45) is -1.02. The van der Waals surface area contributed by atoms with Crippen LogP contribution in [-0.4, -0.2) is 36.1 Å². The van der Waals surface area contributed by atoms with Gasteiger partial charge in [0.05, 0.1) is 18.6 Å². The van der Waals surface area contributed by atoms with Crippen molar-refractivity contribution in [3.05, 3.63) is 0 Å². The van der Waals surface area contributed by atoms with Crippen molar-refractivity contribution in [1.82, 2.24) is 0 Å². The van der Waals surface area contributed by atoms with Crippen LogP contribution in [0.15, 0.2) is 0 Å². The van der Waals surface area contributed by atoms with Crippen LogP contribution >= 0.6 is 11.6 Å². The monoisotopic (exact) mass is 166 g/mol. The molecule has 0 spiro atoms. The van der Waals surface area contributed by atoms with Crippen molar-refractivity contribution in [2.24, 2.45) is 0 Å². The molecule has 0 radical (unpaired) electrons. The Kier molecular flexibility index (Phi) is 2.92. The van der Waals surface area contributed by atoms with Gasteiger partial charge >= 0.3 is 0 Å². The summed E-state index contributed by atoms with van der Waals surface area (Å²) in [5.41, 5.74) is 0. The minimum absolute atomic E-state index is 0.205. The lowest BCUT2D eigenvalue weighted by atomic mass is 10.2. The van der Waals surface area contributed by atoms with Gasteiger partial charge in [0.1, 0.15) is 6.10 Å². The predicted molar refractivity (Wildman–Crippen MR) is 37.0 cm³/mol. The van der Waals surface area contributed by atoms with Crippen LogP contribution in [0.2, 0.25) is 0 Å². The average Bonchev–Trinajstić information content (AvgIpc) is 2.34. The van der Waals surface area contributed by atoms with E-state index in [4.69, 9.17) is 26.2 Å². The number of hydrogen-bond acceptors (Lipinski definition) is 3. The van der Waals surface area contributed by atoms with Crippen molar-refractivity contribution in [3.63, 3.8) is 0 Å². The van der Waals surface area contributed by atoms with Gasteiger partial charge in [-0.15, -0.1) is 11.6 Å². The van der Waals surface area contributed by atoms with Gasteiger partial charge in [-0.2, -0.15) is 0 Å². The van der Waals surface area contributed by atoms with E-state index in [-0.39, 0.29) is 12.4 Å². The van der Waals surface area contributed by atoms with E-state index in [9.17, 15) is 0 Å². The van der Waals surface area contributed by atoms with E-state index in [0.717, 1.165) is 0 Å². The van der Waals surface area contributed by atoms with E-state index in [1.807, 2.05) is 0 Å². The highest BCUT2D eigenvalue weighted by Crippen LogP contribution is 2.14. The van der Waals surface area contributed by atoms with Gasteiger partial charge in [-0.25, -0.2) is 0 Å². The van der Waals surface area contributed by atoms with Gasteiger partial charge < -0.3 is 14.6 Å². The number of ether oxygens (including phenoxy) is 2. The molecule has 1 saturated heterocycles. The van der Waals surface area contributed by atoms with E-state index in [1.54, 1.807) is 6.92 Å². The van der Waals surface area contributed by atoms with Crippen LogP contribution in [0, 0.1) is 0 Å². The van der Waals surface area contributed by atoms with Gasteiger partial charge in [0.25, 0.3) is 0 Å². The van der Waals surface area contributed by atoms with Gasteiger partial charge in [0.15, 0.2) is 6.29 Å². The molecule has 0 aromatic heterocycles. The van der Waals surface area contributed by atoms with Crippen molar-refractivity contribution in [1.29, 1.82) is 0 Å². The largest absolute Gasteiger partial charge is 0.391 e. The first-order chi connectivity index (χ1) is 4.74. The maximum atomic E-state index is 9.02. The lowest BCUT2D eigenvalue weighted by Gasteiger charge is -2.10. The lowest BCUT2D eigenvalue weighted by molar-refractivity contribution is -0.0626. The third kappa shape index (κ3) is 1.83. The van der Waals surface area contributed by atoms with Crippen LogP contribution < -0.4 is 0 Å². The molecule has 1 aliphatic heterocycles. The molecular weight excluding hydrogens is 156 g/mol. The standard InChI is InChI=1S/C6H11ClO3/c1-4(8)5-3-9-6(2-7)10-5/h4-6,8H,2-3H2,1H3. The highest BCUT2D eigenvalue weighted by Gasteiger charge is 2.28. The van der Waals surface area contributed by atoms with Crippen molar-refractivity contribution < 1.29 is 14.6 Å². The number of aliphatic hydroxyl groups excluding tert-OH is 1. The quantitative estimate of drug-likeness (QED) is 0.602. The minimum atomic E-state index is -0.479. The second-order valence-electron chi connectivity index (χ2n) is 2.33. The Morgan fingerprint density at radius 3 is 2.80 bits per heavy atom. The predicted octanol–water partition coefficient (Wildman–Crippen LogP) is 0.347. The summed E-state index contributed by atoms with van der Waals surface area (Å²) in [7, 11) is 0. The summed E-state index contributed by atoms with van der Waals surface area (Å²) < 4.78 is 10.2. The highest BCUT2D eigenvalue weighted by molar-refractivity contribution is 6.18. The van der Waals surface area contributed by atoms with Gasteiger partial charge in [-0.3, -0.25) is 0 Å². The van der Waals surface area contributed by atoms with Gasteiger partial charge in [-0.05, 0) is 6.92 Å². The molecule has 3 unspecified atom stereocenters. The van der Waals surface area contributed by atoms with Crippen molar-refractivity contribution in [2.75, 3.05) is 12.5 Å². The zero-order valence-electron chi connectivity index (χ0n) is 5.79. The molecule has 0 saturated carbocycles. The van der Waals surface area contributed by atoms with Gasteiger partial charge in [0, 0.05) is 0 Å². The minimum Gasteiger partial charge on any atom is -0.391 e. The topological polar surface area (TPSA) is 38.7 Å². The number of hydrogen-bond donors (Lipinski definition) is 1. The summed E-state index contributed by atoms with van der Waals surface area (Å²) in [6, 6.07) is 0. The van der Waals surface area contributed by atoms with Crippen LogP contribution in [0.25, 0.3) is 0 Å². The van der Waals surface area contributed by atoms with Crippen molar-refractivity contribution >= 4 is 11.6 Å². The zero-order chi connectivity index (χ0) is 7.56. The Morgan fingerprint density at radius 1 is 1.80 bits per heavy atom. The van der Waals surface area contributed by atoms with Crippen LogP contribution in [0.1, 0.15) is 6.92 Å². The molecule has 1 heterocycles. The zero-order valence-corrected chi connectivity index (χ0v) is 6.54. The fraction of sp³-hybridized carbons (Fsp3) is 1.00. The molecule has 4 heteroatoms. The Labute approximate surface area is 64.9 Å². The molecule has 60 valence electrons. The molecule has 0 aromatic rings. The average molecular weight is 167 g/mol. The summed E-state index contributed by atoms with van der Waals surface area (Å²) in [6.45, 7) is 2.11. The fourth-order valence-electron chi connectivity index (χ4n) is 0.810. The molecule has 1 N–H and O–H groups in total. The second-order valence-corrected chi connectivity index (χ2v) is 2.64. The maximum absolute atomic E-state index is 9.02. The molecule has 0 aliphatic carbocycles. The molecular formula is C6H11ClO3. The Balaban J connectivity index is 2.28. The first-order valence-electron chi connectivity index (χ1n) is 3.25. The summed E-state index contributed by atoms with van der Waals surface area (Å²) in [5, 5.41) is 9.02. The van der Waals surface area contributed by atoms with E-state index >= 15 is 0 Å². The van der Waals surface area contributed by atoms with Crippen LogP contribution in [0.4, 0.5) is 0 Å². The summed E-state index contributed by atoms with van der Waals surface area (Å²) in [4.78, 5) is 0. The van der Waals surface area contributed by atoms with Crippen LogP contribution in [0.3, 0.4) is 0 Å². The number of alkyl halides is 1. The number of halogens is 1. The summed E-state index contributed by atoms with van der Waals surface area (Å²) in [5.74, 6) is 0.323. The molecule has 0 aromatic carbocycles. The number of aliphatic hydroxyl groups is 1. The third-order valence-corrected chi connectivity index (χ3v) is 1.69. The van der Waals surface area contributed by atoms with Crippen molar-refractivity contribution in [3.8, 4) is 0 Å². The van der Waals surface area contributed by atoms with Crippen molar-refractivity contribution in [2.45, 2.75) is 25.4 Å². The molecule has 1 rings (SSSR count). The molecule has 1 fully saturated rings. The lowest BCUT2D eigenvalue weighted by Crippen LogP contribution is -2.25. The van der Waals surface area contributed by atoms with Crippen LogP contribution in [0.5, 0.6) is 0 Å². The second kappa shape index (κ2) is 3.53. The van der Waals surface area contributed by atoms with E-state index in [2.05, 4.69) is 0 Å². The summed E-state index contributed by atoms with van der Waals surface area (Å²) >= 11 is 5.45. The smallest absolute Gasteiger partial charge is 0.171 e. The highest BCUT2D eigenvalue weighted by atomic mass is 35.5. The molecule has 1 aliphatic rings. The normalized spacial score (nSPS) is 36.3. The first kappa shape index (κ1) is 8.27. The Hall–Kier alpha value is 0.170. The van der Waals surface area contributed by atoms with E-state index in [1.165, 1.54) is 0 Å². The Bertz CT molecular complexity index is 107. The third-order valence-electron chi connectivity index (χ3n) is 1.44. The first-order valence-corrected chi connectivity index (χ1v) is 3.78. The molecule has 3 nitrogen and oxygen atoms in total. The van der Waals surface area contributed by atoms with Gasteiger partial charge in [0.2, 0.25) is 0 Å². The van der Waals surface area contributed by atoms with Crippen LogP contribution in [-0.2, 0) is 9.47 Å². The molecule has 0 bridgehead atoms. The fourth-order valence-corrected chi connectivity index (χ4v) is 0.971. The molecule has 0 amide bonds. The van der Waals surface area contributed by atoms with E-state index < -0.39 is 6.10 Å². The SMILES string of the molecule is CC(O)C1COC(CCl)O1. The Morgan fingerprint density at radius 2 is 2.50 bits per heavy atom. The van der Waals surface area contributed by atoms with E-state index in [0.29, 0.717) is 12.5 Å².